The van der Waals surface area contributed by atoms with Crippen molar-refractivity contribution in [2.75, 3.05) is 19.0 Å². The maximum atomic E-state index is 9.51. The Kier molecular flexibility index (Phi) is 3.60. The summed E-state index contributed by atoms with van der Waals surface area (Å²) in [5.74, 6) is 0.344. The standard InChI is InChI=1S/C15H19N3O2/c1-20-7-6-18-10-12(9-16-18)17-15-5-2-11-8-13(19)3-4-14(11)15/h3-4,8-10,15,17,19H,2,5-7H2,1H3. The first-order chi connectivity index (χ1) is 9.76. The number of hydrogen-bond donors (Lipinski definition) is 2. The van der Waals surface area contributed by atoms with Crippen LogP contribution in [0.1, 0.15) is 23.6 Å². The van der Waals surface area contributed by atoms with Crippen LogP contribution in [0.25, 0.3) is 0 Å². The van der Waals surface area contributed by atoms with E-state index in [1.54, 1.807) is 13.2 Å². The van der Waals surface area contributed by atoms with Gasteiger partial charge in [0.25, 0.3) is 0 Å². The normalized spacial score (nSPS) is 17.1. The van der Waals surface area contributed by atoms with E-state index >= 15 is 0 Å². The van der Waals surface area contributed by atoms with E-state index in [2.05, 4.69) is 10.4 Å². The zero-order chi connectivity index (χ0) is 13.9. The number of hydrogen-bond acceptors (Lipinski definition) is 4. The van der Waals surface area contributed by atoms with E-state index in [0.29, 0.717) is 18.4 Å². The molecule has 1 unspecified atom stereocenters. The number of aromatic nitrogens is 2. The van der Waals surface area contributed by atoms with Gasteiger partial charge in [-0.25, -0.2) is 0 Å². The highest BCUT2D eigenvalue weighted by Gasteiger charge is 2.22. The third kappa shape index (κ3) is 2.63. The van der Waals surface area contributed by atoms with Crippen LogP contribution in [0.15, 0.2) is 30.6 Å². The Bertz CT molecular complexity index is 595. The number of aromatic hydroxyl groups is 1. The van der Waals surface area contributed by atoms with E-state index in [-0.39, 0.29) is 0 Å². The number of anilines is 1. The van der Waals surface area contributed by atoms with Gasteiger partial charge in [0.1, 0.15) is 5.75 Å². The zero-order valence-electron chi connectivity index (χ0n) is 11.5. The summed E-state index contributed by atoms with van der Waals surface area (Å²) in [5.41, 5.74) is 3.52. The molecular formula is C15H19N3O2. The van der Waals surface area contributed by atoms with E-state index in [0.717, 1.165) is 25.1 Å². The van der Waals surface area contributed by atoms with Gasteiger partial charge in [0, 0.05) is 13.3 Å². The average Bonchev–Trinajstić information content (AvgIpc) is 3.04. The molecule has 0 bridgehead atoms. The molecule has 1 aromatic heterocycles. The van der Waals surface area contributed by atoms with Gasteiger partial charge in [-0.05, 0) is 36.1 Å². The fraction of sp³-hybridized carbons (Fsp3) is 0.400. The molecule has 1 aromatic carbocycles. The quantitative estimate of drug-likeness (QED) is 0.878. The molecule has 0 saturated heterocycles. The summed E-state index contributed by atoms with van der Waals surface area (Å²) in [5, 5.41) is 17.3. The lowest BCUT2D eigenvalue weighted by Crippen LogP contribution is -2.07. The van der Waals surface area contributed by atoms with Gasteiger partial charge in [0.2, 0.25) is 0 Å². The minimum atomic E-state index is 0.297. The fourth-order valence-electron chi connectivity index (χ4n) is 2.70. The van der Waals surface area contributed by atoms with Crippen LogP contribution in [0.3, 0.4) is 0 Å². The van der Waals surface area contributed by atoms with Crippen molar-refractivity contribution >= 4 is 5.69 Å². The number of methoxy groups -OCH3 is 1. The second-order valence-electron chi connectivity index (χ2n) is 5.10. The van der Waals surface area contributed by atoms with Gasteiger partial charge in [-0.3, -0.25) is 4.68 Å². The smallest absolute Gasteiger partial charge is 0.115 e. The van der Waals surface area contributed by atoms with Gasteiger partial charge < -0.3 is 15.2 Å². The lowest BCUT2D eigenvalue weighted by molar-refractivity contribution is 0.183. The van der Waals surface area contributed by atoms with Gasteiger partial charge >= 0.3 is 0 Å². The Morgan fingerprint density at radius 3 is 3.25 bits per heavy atom. The van der Waals surface area contributed by atoms with Crippen molar-refractivity contribution in [3.8, 4) is 5.75 Å². The maximum absolute atomic E-state index is 9.51. The van der Waals surface area contributed by atoms with E-state index in [9.17, 15) is 5.11 Å². The monoisotopic (exact) mass is 273 g/mol. The molecule has 0 radical (unpaired) electrons. The van der Waals surface area contributed by atoms with Crippen molar-refractivity contribution in [1.29, 1.82) is 0 Å². The number of benzene rings is 1. The number of aryl methyl sites for hydroxylation is 1. The molecule has 1 aliphatic carbocycles. The third-order valence-electron chi connectivity index (χ3n) is 3.70. The topological polar surface area (TPSA) is 59.3 Å². The summed E-state index contributed by atoms with van der Waals surface area (Å²) in [4.78, 5) is 0. The SMILES string of the molecule is COCCn1cc(NC2CCc3cc(O)ccc32)cn1. The molecule has 2 N–H and O–H groups in total. The first-order valence-corrected chi connectivity index (χ1v) is 6.86. The molecule has 0 fully saturated rings. The number of nitrogens with zero attached hydrogens (tertiary/aromatic N) is 2. The molecular weight excluding hydrogens is 254 g/mol. The number of phenolic OH excluding ortho intramolecular Hbond substituents is 1. The minimum absolute atomic E-state index is 0.297. The molecule has 1 aliphatic rings. The van der Waals surface area contributed by atoms with Gasteiger partial charge in [-0.1, -0.05) is 6.07 Å². The molecule has 106 valence electrons. The molecule has 20 heavy (non-hydrogen) atoms. The van der Waals surface area contributed by atoms with Crippen LogP contribution in [-0.4, -0.2) is 28.6 Å². The second kappa shape index (κ2) is 5.54. The van der Waals surface area contributed by atoms with Crippen LogP contribution in [0, 0.1) is 0 Å². The molecule has 5 heteroatoms. The van der Waals surface area contributed by atoms with Crippen LogP contribution < -0.4 is 5.32 Å². The summed E-state index contributed by atoms with van der Waals surface area (Å²) in [6.45, 7) is 1.42. The fourth-order valence-corrected chi connectivity index (χ4v) is 2.70. The number of ether oxygens (including phenoxy) is 1. The molecule has 3 rings (SSSR count). The Balaban J connectivity index is 1.69. The van der Waals surface area contributed by atoms with Crippen LogP contribution in [0.4, 0.5) is 5.69 Å². The van der Waals surface area contributed by atoms with Gasteiger partial charge in [-0.2, -0.15) is 5.10 Å². The maximum Gasteiger partial charge on any atom is 0.115 e. The second-order valence-corrected chi connectivity index (χ2v) is 5.10. The minimum Gasteiger partial charge on any atom is -0.508 e. The lowest BCUT2D eigenvalue weighted by Gasteiger charge is -2.13. The summed E-state index contributed by atoms with van der Waals surface area (Å²) in [6, 6.07) is 5.91. The Hall–Kier alpha value is -2.01. The van der Waals surface area contributed by atoms with Crippen molar-refractivity contribution in [3.63, 3.8) is 0 Å². The Morgan fingerprint density at radius 1 is 1.50 bits per heavy atom. The van der Waals surface area contributed by atoms with Crippen molar-refractivity contribution < 1.29 is 9.84 Å². The van der Waals surface area contributed by atoms with E-state index in [1.807, 2.05) is 29.2 Å². The van der Waals surface area contributed by atoms with Crippen LogP contribution in [-0.2, 0) is 17.7 Å². The molecule has 0 aliphatic heterocycles. The van der Waals surface area contributed by atoms with Crippen LogP contribution in [0.2, 0.25) is 0 Å². The third-order valence-corrected chi connectivity index (χ3v) is 3.70. The van der Waals surface area contributed by atoms with E-state index in [4.69, 9.17) is 4.74 Å². The predicted octanol–water partition coefficient (Wildman–Crippen LogP) is 2.33. The number of nitrogens with one attached hydrogen (secondary N) is 1. The van der Waals surface area contributed by atoms with Crippen molar-refractivity contribution in [1.82, 2.24) is 9.78 Å². The molecule has 0 spiro atoms. The lowest BCUT2D eigenvalue weighted by atomic mass is 10.1. The van der Waals surface area contributed by atoms with Crippen molar-refractivity contribution in [2.45, 2.75) is 25.4 Å². The highest BCUT2D eigenvalue weighted by molar-refractivity contribution is 5.47. The molecule has 0 amide bonds. The van der Waals surface area contributed by atoms with Gasteiger partial charge in [0.05, 0.1) is 31.1 Å². The molecule has 2 aromatic rings. The van der Waals surface area contributed by atoms with E-state index in [1.165, 1.54) is 11.1 Å². The summed E-state index contributed by atoms with van der Waals surface area (Å²) in [6.07, 6.45) is 5.88. The van der Waals surface area contributed by atoms with E-state index < -0.39 is 0 Å². The largest absolute Gasteiger partial charge is 0.508 e. The van der Waals surface area contributed by atoms with Crippen molar-refractivity contribution in [3.05, 3.63) is 41.7 Å². The number of rotatable bonds is 5. The molecule has 1 heterocycles. The number of phenols is 1. The zero-order valence-corrected chi connectivity index (χ0v) is 11.5. The average molecular weight is 273 g/mol. The van der Waals surface area contributed by atoms with Crippen molar-refractivity contribution in [2.24, 2.45) is 0 Å². The van der Waals surface area contributed by atoms with Crippen LogP contribution >= 0.6 is 0 Å². The molecule has 1 atom stereocenters. The Morgan fingerprint density at radius 2 is 2.40 bits per heavy atom. The first kappa shape index (κ1) is 13.0. The predicted molar refractivity (Wildman–Crippen MR) is 76.9 cm³/mol. The van der Waals surface area contributed by atoms with Gasteiger partial charge in [0.15, 0.2) is 0 Å². The molecule has 5 nitrogen and oxygen atoms in total. The number of fused-ring (bicyclic) bond motifs is 1. The Labute approximate surface area is 118 Å². The van der Waals surface area contributed by atoms with Crippen LogP contribution in [0.5, 0.6) is 5.75 Å². The van der Waals surface area contributed by atoms with Gasteiger partial charge in [-0.15, -0.1) is 0 Å². The summed E-state index contributed by atoms with van der Waals surface area (Å²) >= 11 is 0. The molecule has 0 saturated carbocycles. The first-order valence-electron chi connectivity index (χ1n) is 6.86. The summed E-state index contributed by atoms with van der Waals surface area (Å²) in [7, 11) is 1.69. The summed E-state index contributed by atoms with van der Waals surface area (Å²) < 4.78 is 6.91. The highest BCUT2D eigenvalue weighted by atomic mass is 16.5. The highest BCUT2D eigenvalue weighted by Crippen LogP contribution is 2.35.